The first-order valence-corrected chi connectivity index (χ1v) is 8.41. The lowest BCUT2D eigenvalue weighted by atomic mass is 9.89. The molecule has 0 aliphatic carbocycles. The molecule has 3 heteroatoms. The summed E-state index contributed by atoms with van der Waals surface area (Å²) < 4.78 is 14.2. The maximum atomic E-state index is 14.2. The smallest absolute Gasteiger partial charge is 0.139 e. The van der Waals surface area contributed by atoms with Crippen molar-refractivity contribution >= 4 is 30.7 Å². The third kappa shape index (κ3) is 3.05. The molecule has 0 atom stereocenters. The van der Waals surface area contributed by atoms with Crippen LogP contribution in [0.5, 0.6) is 0 Å². The SMILES string of the molecule is BC(=C)c1ccc(CC(=C)c2ccc3c(c2)SCC3)c(F)c1. The summed E-state index contributed by atoms with van der Waals surface area (Å²) in [6.45, 7) is 8.00. The van der Waals surface area contributed by atoms with Gasteiger partial charge in [0, 0.05) is 17.1 Å². The Morgan fingerprint density at radius 1 is 1.14 bits per heavy atom. The third-order valence-electron chi connectivity index (χ3n) is 4.05. The van der Waals surface area contributed by atoms with E-state index in [0.29, 0.717) is 12.0 Å². The molecular formula is C19H18BFS. The lowest BCUT2D eigenvalue weighted by Crippen LogP contribution is -1.96. The molecule has 0 spiro atoms. The molecule has 0 saturated carbocycles. The molecule has 110 valence electrons. The van der Waals surface area contributed by atoms with Gasteiger partial charge in [0.05, 0.1) is 0 Å². The van der Waals surface area contributed by atoms with Crippen LogP contribution in [-0.4, -0.2) is 13.6 Å². The number of hydrogen-bond donors (Lipinski definition) is 0. The van der Waals surface area contributed by atoms with Gasteiger partial charge < -0.3 is 0 Å². The number of fused-ring (bicyclic) bond motifs is 1. The highest BCUT2D eigenvalue weighted by Crippen LogP contribution is 2.34. The normalized spacial score (nSPS) is 13.0. The van der Waals surface area contributed by atoms with Crippen LogP contribution < -0.4 is 0 Å². The summed E-state index contributed by atoms with van der Waals surface area (Å²) in [6, 6.07) is 11.8. The Bertz CT molecular complexity index is 764. The first-order chi connectivity index (χ1) is 10.5. The van der Waals surface area contributed by atoms with Gasteiger partial charge in [-0.25, -0.2) is 4.39 Å². The highest BCUT2D eigenvalue weighted by atomic mass is 32.2. The lowest BCUT2D eigenvalue weighted by Gasteiger charge is -2.10. The average Bonchev–Trinajstić information content (AvgIpc) is 2.96. The maximum absolute atomic E-state index is 14.2. The zero-order chi connectivity index (χ0) is 15.7. The van der Waals surface area contributed by atoms with Gasteiger partial charge in [-0.1, -0.05) is 36.3 Å². The Morgan fingerprint density at radius 3 is 2.64 bits per heavy atom. The Kier molecular flexibility index (Phi) is 4.26. The van der Waals surface area contributed by atoms with E-state index in [-0.39, 0.29) is 5.82 Å². The van der Waals surface area contributed by atoms with E-state index in [1.165, 1.54) is 10.5 Å². The van der Waals surface area contributed by atoms with Crippen LogP contribution in [0.4, 0.5) is 4.39 Å². The molecule has 0 unspecified atom stereocenters. The maximum Gasteiger partial charge on any atom is 0.139 e. The summed E-state index contributed by atoms with van der Waals surface area (Å²) >= 11 is 1.89. The van der Waals surface area contributed by atoms with Crippen LogP contribution in [0.15, 0.2) is 54.5 Å². The Morgan fingerprint density at radius 2 is 1.91 bits per heavy atom. The quantitative estimate of drug-likeness (QED) is 0.757. The van der Waals surface area contributed by atoms with Crippen LogP contribution in [0.1, 0.15) is 22.3 Å². The van der Waals surface area contributed by atoms with E-state index in [4.69, 9.17) is 0 Å². The van der Waals surface area contributed by atoms with Crippen molar-refractivity contribution < 1.29 is 4.39 Å². The Hall–Kier alpha value is -1.74. The van der Waals surface area contributed by atoms with Gasteiger partial charge in [0.2, 0.25) is 0 Å². The molecular weight excluding hydrogens is 290 g/mol. The zero-order valence-electron chi connectivity index (χ0n) is 12.8. The molecule has 1 aliphatic rings. The molecule has 2 aromatic rings. The third-order valence-corrected chi connectivity index (χ3v) is 5.15. The largest absolute Gasteiger partial charge is 0.207 e. The summed E-state index contributed by atoms with van der Waals surface area (Å²) in [4.78, 5) is 1.34. The Labute approximate surface area is 136 Å². The minimum Gasteiger partial charge on any atom is -0.207 e. The van der Waals surface area contributed by atoms with Gasteiger partial charge in [0.15, 0.2) is 0 Å². The first kappa shape index (κ1) is 15.2. The molecule has 0 amide bonds. The van der Waals surface area contributed by atoms with Crippen molar-refractivity contribution in [1.82, 2.24) is 0 Å². The molecule has 0 N–H and O–H groups in total. The number of aryl methyl sites for hydroxylation is 1. The van der Waals surface area contributed by atoms with Crippen molar-refractivity contribution in [1.29, 1.82) is 0 Å². The standard InChI is InChI=1S/C19H18BFS/c1-12(15-4-3-14-7-8-22-19(14)11-15)9-17-6-5-16(13(2)20)10-18(17)21/h3-6,10-11H,1-2,7-9,20H2. The van der Waals surface area contributed by atoms with E-state index in [9.17, 15) is 4.39 Å². The highest BCUT2D eigenvalue weighted by Gasteiger charge is 2.13. The fraction of sp³-hybridized carbons (Fsp3) is 0.158. The minimum atomic E-state index is -0.183. The number of benzene rings is 2. The zero-order valence-corrected chi connectivity index (χ0v) is 13.6. The number of thioether (sulfide) groups is 1. The van der Waals surface area contributed by atoms with Gasteiger partial charge >= 0.3 is 0 Å². The van der Waals surface area contributed by atoms with Crippen molar-refractivity contribution in [3.63, 3.8) is 0 Å². The molecule has 0 nitrogen and oxygen atoms in total. The second kappa shape index (κ2) is 6.17. The molecule has 0 bridgehead atoms. The summed E-state index contributed by atoms with van der Waals surface area (Å²) in [7, 11) is 1.88. The van der Waals surface area contributed by atoms with Crippen molar-refractivity contribution in [2.75, 3.05) is 5.75 Å². The van der Waals surface area contributed by atoms with Gasteiger partial charge in [-0.3, -0.25) is 0 Å². The number of halogens is 1. The fourth-order valence-electron chi connectivity index (χ4n) is 2.67. The molecule has 3 rings (SSSR count). The van der Waals surface area contributed by atoms with Gasteiger partial charge in [-0.2, -0.15) is 0 Å². The highest BCUT2D eigenvalue weighted by molar-refractivity contribution is 7.99. The predicted octanol–water partition coefficient (Wildman–Crippen LogP) is 4.33. The lowest BCUT2D eigenvalue weighted by molar-refractivity contribution is 0.615. The first-order valence-electron chi connectivity index (χ1n) is 7.43. The van der Waals surface area contributed by atoms with E-state index in [2.05, 4.69) is 31.4 Å². The molecule has 0 aromatic heterocycles. The average molecular weight is 308 g/mol. The van der Waals surface area contributed by atoms with Crippen molar-refractivity contribution in [2.24, 2.45) is 0 Å². The summed E-state index contributed by atoms with van der Waals surface area (Å²) in [5.74, 6) is 0.972. The van der Waals surface area contributed by atoms with Crippen molar-refractivity contribution in [3.8, 4) is 0 Å². The van der Waals surface area contributed by atoms with E-state index >= 15 is 0 Å². The molecule has 1 heterocycles. The predicted molar refractivity (Wildman–Crippen MR) is 97.6 cm³/mol. The van der Waals surface area contributed by atoms with Gasteiger partial charge in [-0.05, 0) is 46.4 Å². The van der Waals surface area contributed by atoms with E-state index in [1.807, 2.05) is 31.7 Å². The van der Waals surface area contributed by atoms with Crippen LogP contribution in [-0.2, 0) is 12.8 Å². The second-order valence-corrected chi connectivity index (χ2v) is 6.92. The van der Waals surface area contributed by atoms with Crippen LogP contribution in [0.3, 0.4) is 0 Å². The van der Waals surface area contributed by atoms with Crippen LogP contribution in [0.25, 0.3) is 11.0 Å². The van der Waals surface area contributed by atoms with Crippen LogP contribution in [0, 0.1) is 5.82 Å². The molecule has 22 heavy (non-hydrogen) atoms. The number of rotatable bonds is 4. The van der Waals surface area contributed by atoms with Crippen LogP contribution >= 0.6 is 11.8 Å². The van der Waals surface area contributed by atoms with Gasteiger partial charge in [0.1, 0.15) is 13.7 Å². The molecule has 2 aromatic carbocycles. The summed E-state index contributed by atoms with van der Waals surface area (Å²) in [5.41, 5.74) is 5.89. The second-order valence-electron chi connectivity index (χ2n) is 5.79. The molecule has 1 aliphatic heterocycles. The Balaban J connectivity index is 1.81. The summed E-state index contributed by atoms with van der Waals surface area (Å²) in [6.07, 6.45) is 1.68. The minimum absolute atomic E-state index is 0.183. The van der Waals surface area contributed by atoms with Crippen LogP contribution in [0.2, 0.25) is 0 Å². The molecule has 0 fully saturated rings. The molecule has 0 saturated heterocycles. The fourth-order valence-corrected chi connectivity index (χ4v) is 3.78. The number of hydrogen-bond acceptors (Lipinski definition) is 1. The monoisotopic (exact) mass is 308 g/mol. The molecule has 0 radical (unpaired) electrons. The van der Waals surface area contributed by atoms with Gasteiger partial charge in [-0.15, -0.1) is 18.3 Å². The topological polar surface area (TPSA) is 0 Å². The van der Waals surface area contributed by atoms with Crippen molar-refractivity contribution in [3.05, 3.63) is 77.6 Å². The van der Waals surface area contributed by atoms with E-state index in [0.717, 1.165) is 34.3 Å². The van der Waals surface area contributed by atoms with Crippen molar-refractivity contribution in [2.45, 2.75) is 17.7 Å². The number of allylic oxidation sites excluding steroid dienone is 1. The van der Waals surface area contributed by atoms with Gasteiger partial charge in [0.25, 0.3) is 0 Å². The van der Waals surface area contributed by atoms with E-state index < -0.39 is 0 Å². The summed E-state index contributed by atoms with van der Waals surface area (Å²) in [5, 5.41) is 0. The van der Waals surface area contributed by atoms with E-state index in [1.54, 1.807) is 6.07 Å².